The van der Waals surface area contributed by atoms with E-state index in [9.17, 15) is 4.79 Å². The molecular weight excluding hydrogens is 274 g/mol. The van der Waals surface area contributed by atoms with Gasteiger partial charge >= 0.3 is 0 Å². The number of nitrogens with zero attached hydrogens (tertiary/aromatic N) is 1. The number of nitrogens with one attached hydrogen (secondary N) is 2. The molecule has 0 fully saturated rings. The number of H-pyrrole nitrogens is 1. The third-order valence-corrected chi connectivity index (χ3v) is 3.71. The zero-order valence-electron chi connectivity index (χ0n) is 12.1. The summed E-state index contributed by atoms with van der Waals surface area (Å²) in [4.78, 5) is 15.1. The molecule has 6 heteroatoms. The van der Waals surface area contributed by atoms with Gasteiger partial charge in [-0.2, -0.15) is 0 Å². The quantitative estimate of drug-likeness (QED) is 0.851. The Kier molecular flexibility index (Phi) is 3.85. The third kappa shape index (κ3) is 2.43. The number of amides is 1. The highest BCUT2D eigenvalue weighted by molar-refractivity contribution is 7.71. The molecule has 1 aromatic heterocycles. The van der Waals surface area contributed by atoms with Gasteiger partial charge in [-0.3, -0.25) is 4.79 Å². The van der Waals surface area contributed by atoms with Crippen molar-refractivity contribution in [3.05, 3.63) is 23.0 Å². The van der Waals surface area contributed by atoms with Crippen LogP contribution in [0.4, 0.5) is 0 Å². The number of aromatic nitrogens is 2. The Morgan fingerprint density at radius 2 is 2.20 bits per heavy atom. The molecule has 0 aliphatic heterocycles. The third-order valence-electron chi connectivity index (χ3n) is 3.39. The lowest BCUT2D eigenvalue weighted by Gasteiger charge is -2.23. The molecule has 108 valence electrons. The van der Waals surface area contributed by atoms with Crippen LogP contribution < -0.4 is 10.1 Å². The minimum atomic E-state index is -0.550. The predicted molar refractivity (Wildman–Crippen MR) is 81.5 cm³/mol. The van der Waals surface area contributed by atoms with Crippen LogP contribution in [0.15, 0.2) is 18.2 Å². The van der Waals surface area contributed by atoms with Crippen molar-refractivity contribution in [3.8, 4) is 5.75 Å². The molecule has 0 bridgehead atoms. The van der Waals surface area contributed by atoms with Crippen LogP contribution in [0.3, 0.4) is 0 Å². The van der Waals surface area contributed by atoms with Gasteiger partial charge < -0.3 is 19.6 Å². The summed E-state index contributed by atoms with van der Waals surface area (Å²) in [5, 5.41) is 2.69. The van der Waals surface area contributed by atoms with Gasteiger partial charge in [0.2, 0.25) is 5.91 Å². The molecular formula is C14H19N3O2S. The zero-order valence-corrected chi connectivity index (χ0v) is 12.9. The van der Waals surface area contributed by atoms with Crippen molar-refractivity contribution in [2.75, 3.05) is 14.2 Å². The Bertz CT molecular complexity index is 700. The van der Waals surface area contributed by atoms with E-state index in [0.29, 0.717) is 11.3 Å². The maximum Gasteiger partial charge on any atom is 0.227 e. The average molecular weight is 293 g/mol. The van der Waals surface area contributed by atoms with Crippen LogP contribution in [-0.2, 0) is 11.3 Å². The molecule has 2 N–H and O–H groups in total. The highest BCUT2D eigenvalue weighted by Crippen LogP contribution is 2.27. The van der Waals surface area contributed by atoms with Gasteiger partial charge in [0.25, 0.3) is 0 Å². The minimum absolute atomic E-state index is 0.0170. The van der Waals surface area contributed by atoms with E-state index in [1.807, 2.05) is 36.6 Å². The van der Waals surface area contributed by atoms with Crippen molar-refractivity contribution in [3.63, 3.8) is 0 Å². The topological polar surface area (TPSA) is 59.0 Å². The van der Waals surface area contributed by atoms with Crippen molar-refractivity contribution < 1.29 is 9.53 Å². The number of carbonyl (C=O) groups is 1. The maximum atomic E-state index is 11.9. The number of carbonyl (C=O) groups excluding carboxylic acids is 1. The molecule has 0 atom stereocenters. The molecule has 20 heavy (non-hydrogen) atoms. The Labute approximate surface area is 122 Å². The molecule has 2 aromatic rings. The smallest absolute Gasteiger partial charge is 0.227 e. The summed E-state index contributed by atoms with van der Waals surface area (Å²) in [5.41, 5.74) is 1.24. The van der Waals surface area contributed by atoms with E-state index in [1.54, 1.807) is 14.2 Å². The molecule has 1 amide bonds. The van der Waals surface area contributed by atoms with Gasteiger partial charge in [0.1, 0.15) is 11.3 Å². The van der Waals surface area contributed by atoms with Crippen molar-refractivity contribution in [1.29, 1.82) is 0 Å². The summed E-state index contributed by atoms with van der Waals surface area (Å²) >= 11 is 5.37. The SMILES string of the molecule is CNC(=O)C(C)(C)Cn1c(=S)[nH]c2c(OC)cccc21. The monoisotopic (exact) mass is 293 g/mol. The first-order valence-electron chi connectivity index (χ1n) is 6.38. The molecule has 0 unspecified atom stereocenters. The molecule has 0 radical (unpaired) electrons. The molecule has 0 spiro atoms. The van der Waals surface area contributed by atoms with Crippen LogP contribution in [0, 0.1) is 10.2 Å². The lowest BCUT2D eigenvalue weighted by atomic mass is 9.92. The Hall–Kier alpha value is -1.82. The Morgan fingerprint density at radius 3 is 2.80 bits per heavy atom. The molecule has 0 aliphatic rings. The second-order valence-electron chi connectivity index (χ2n) is 5.33. The number of ether oxygens (including phenoxy) is 1. The fourth-order valence-electron chi connectivity index (χ4n) is 2.29. The zero-order chi connectivity index (χ0) is 14.9. The first-order chi connectivity index (χ1) is 9.40. The van der Waals surface area contributed by atoms with E-state index in [2.05, 4.69) is 10.3 Å². The van der Waals surface area contributed by atoms with Crippen LogP contribution in [0.25, 0.3) is 11.0 Å². The Morgan fingerprint density at radius 1 is 1.50 bits per heavy atom. The van der Waals surface area contributed by atoms with Crippen molar-refractivity contribution in [2.24, 2.45) is 5.41 Å². The summed E-state index contributed by atoms with van der Waals surface area (Å²) in [6.45, 7) is 4.29. The lowest BCUT2D eigenvalue weighted by Crippen LogP contribution is -2.37. The highest BCUT2D eigenvalue weighted by atomic mass is 32.1. The van der Waals surface area contributed by atoms with E-state index in [-0.39, 0.29) is 5.91 Å². The summed E-state index contributed by atoms with van der Waals surface area (Å²) in [7, 11) is 3.26. The number of aromatic amines is 1. The van der Waals surface area contributed by atoms with E-state index in [4.69, 9.17) is 17.0 Å². The summed E-state index contributed by atoms with van der Waals surface area (Å²) in [6.07, 6.45) is 0. The van der Waals surface area contributed by atoms with E-state index in [1.165, 1.54) is 0 Å². The summed E-state index contributed by atoms with van der Waals surface area (Å²) in [5.74, 6) is 0.724. The summed E-state index contributed by atoms with van der Waals surface area (Å²) in [6, 6.07) is 5.75. The second kappa shape index (κ2) is 5.28. The number of methoxy groups -OCH3 is 1. The highest BCUT2D eigenvalue weighted by Gasteiger charge is 2.28. The maximum absolute atomic E-state index is 11.9. The molecule has 0 aliphatic carbocycles. The number of para-hydroxylation sites is 1. The fourth-order valence-corrected chi connectivity index (χ4v) is 2.55. The lowest BCUT2D eigenvalue weighted by molar-refractivity contribution is -0.129. The van der Waals surface area contributed by atoms with Crippen LogP contribution in [0.1, 0.15) is 13.8 Å². The normalized spacial score (nSPS) is 11.6. The number of hydrogen-bond acceptors (Lipinski definition) is 3. The van der Waals surface area contributed by atoms with E-state index >= 15 is 0 Å². The average Bonchev–Trinajstić information content (AvgIpc) is 2.73. The van der Waals surface area contributed by atoms with Crippen molar-refractivity contribution >= 4 is 29.2 Å². The molecule has 2 rings (SSSR count). The van der Waals surface area contributed by atoms with Crippen LogP contribution in [-0.4, -0.2) is 29.6 Å². The number of fused-ring (bicyclic) bond motifs is 1. The standard InChI is InChI=1S/C14H19N3O2S/c1-14(2,12(18)15-3)8-17-9-6-5-7-10(19-4)11(9)16-13(17)20/h5-7H,8H2,1-4H3,(H,15,18)(H,16,20). The number of hydrogen-bond donors (Lipinski definition) is 2. The van der Waals surface area contributed by atoms with E-state index < -0.39 is 5.41 Å². The van der Waals surface area contributed by atoms with Crippen molar-refractivity contribution in [1.82, 2.24) is 14.9 Å². The number of benzene rings is 1. The van der Waals surface area contributed by atoms with Gasteiger partial charge in [-0.1, -0.05) is 6.07 Å². The van der Waals surface area contributed by atoms with Crippen LogP contribution >= 0.6 is 12.2 Å². The van der Waals surface area contributed by atoms with Gasteiger partial charge in [-0.25, -0.2) is 0 Å². The molecule has 1 heterocycles. The molecule has 1 aromatic carbocycles. The first kappa shape index (κ1) is 14.6. The number of rotatable bonds is 4. The first-order valence-corrected chi connectivity index (χ1v) is 6.79. The predicted octanol–water partition coefficient (Wildman–Crippen LogP) is 2.48. The van der Waals surface area contributed by atoms with Gasteiger partial charge in [0.15, 0.2) is 4.77 Å². The van der Waals surface area contributed by atoms with Gasteiger partial charge in [0, 0.05) is 13.6 Å². The van der Waals surface area contributed by atoms with Crippen molar-refractivity contribution in [2.45, 2.75) is 20.4 Å². The van der Waals surface area contributed by atoms with Gasteiger partial charge in [0.05, 0.1) is 18.0 Å². The minimum Gasteiger partial charge on any atom is -0.494 e. The molecule has 0 saturated heterocycles. The molecule has 5 nitrogen and oxygen atoms in total. The second-order valence-corrected chi connectivity index (χ2v) is 5.72. The summed E-state index contributed by atoms with van der Waals surface area (Å²) < 4.78 is 7.84. The Balaban J connectivity index is 2.53. The van der Waals surface area contributed by atoms with Gasteiger partial charge in [-0.15, -0.1) is 0 Å². The number of imidazole rings is 1. The largest absolute Gasteiger partial charge is 0.494 e. The molecule has 0 saturated carbocycles. The fraction of sp³-hybridized carbons (Fsp3) is 0.429. The van der Waals surface area contributed by atoms with Gasteiger partial charge in [-0.05, 0) is 38.2 Å². The van der Waals surface area contributed by atoms with Crippen LogP contribution in [0.5, 0.6) is 5.75 Å². The van der Waals surface area contributed by atoms with E-state index in [0.717, 1.165) is 16.8 Å². The van der Waals surface area contributed by atoms with Crippen LogP contribution in [0.2, 0.25) is 0 Å².